The van der Waals surface area contributed by atoms with Crippen LogP contribution >= 0.6 is 15.9 Å². The van der Waals surface area contributed by atoms with Crippen molar-refractivity contribution in [2.75, 3.05) is 24.7 Å². The van der Waals surface area contributed by atoms with E-state index in [4.69, 9.17) is 0 Å². The molecular weight excluding hydrogens is 498 g/mol. The Bertz CT molecular complexity index is 1040. The summed E-state index contributed by atoms with van der Waals surface area (Å²) in [5, 5.41) is 12.9. The SMILES string of the molecule is CCCCC1(CCCC)CS(=O)(=O)c2ccc(N(C)C)cc2[C@@H](c2cccc(CBr)c2)[C@H]1O. The number of fused-ring (bicyclic) bond motifs is 1. The van der Waals surface area contributed by atoms with Gasteiger partial charge in [-0.3, -0.25) is 0 Å². The van der Waals surface area contributed by atoms with Crippen LogP contribution in [0.1, 0.15) is 75.0 Å². The third kappa shape index (κ3) is 5.49. The molecule has 0 saturated carbocycles. The Labute approximate surface area is 208 Å². The lowest BCUT2D eigenvalue weighted by atomic mass is 9.68. The van der Waals surface area contributed by atoms with Crippen molar-refractivity contribution < 1.29 is 13.5 Å². The van der Waals surface area contributed by atoms with Gasteiger partial charge in [0, 0.05) is 36.4 Å². The zero-order valence-corrected chi connectivity index (χ0v) is 22.8. The molecule has 0 amide bonds. The molecule has 6 heteroatoms. The smallest absolute Gasteiger partial charge is 0.179 e. The van der Waals surface area contributed by atoms with E-state index in [1.54, 1.807) is 6.07 Å². The summed E-state index contributed by atoms with van der Waals surface area (Å²) in [6.45, 7) is 4.25. The van der Waals surface area contributed by atoms with Gasteiger partial charge >= 0.3 is 0 Å². The molecule has 0 saturated heterocycles. The molecule has 1 heterocycles. The van der Waals surface area contributed by atoms with Gasteiger partial charge in [-0.25, -0.2) is 8.42 Å². The van der Waals surface area contributed by atoms with Crippen molar-refractivity contribution in [1.82, 2.24) is 0 Å². The molecule has 0 spiro atoms. The van der Waals surface area contributed by atoms with Crippen LogP contribution < -0.4 is 4.90 Å². The summed E-state index contributed by atoms with van der Waals surface area (Å²) < 4.78 is 27.7. The van der Waals surface area contributed by atoms with Crippen molar-refractivity contribution in [3.63, 3.8) is 0 Å². The fraction of sp³-hybridized carbons (Fsp3) is 0.556. The number of anilines is 1. The Morgan fingerprint density at radius 2 is 1.73 bits per heavy atom. The van der Waals surface area contributed by atoms with Gasteiger partial charge in [-0.1, -0.05) is 79.7 Å². The fourth-order valence-electron chi connectivity index (χ4n) is 5.26. The zero-order valence-electron chi connectivity index (χ0n) is 20.4. The molecule has 4 nitrogen and oxygen atoms in total. The van der Waals surface area contributed by atoms with Gasteiger partial charge in [0.2, 0.25) is 0 Å². The highest BCUT2D eigenvalue weighted by Gasteiger charge is 2.49. The van der Waals surface area contributed by atoms with Gasteiger partial charge in [0.15, 0.2) is 9.84 Å². The maximum absolute atomic E-state index is 13.8. The van der Waals surface area contributed by atoms with Gasteiger partial charge < -0.3 is 10.0 Å². The summed E-state index contributed by atoms with van der Waals surface area (Å²) in [6.07, 6.45) is 4.41. The second-order valence-corrected chi connectivity index (χ2v) is 12.3. The quantitative estimate of drug-likeness (QED) is 0.383. The van der Waals surface area contributed by atoms with Gasteiger partial charge in [0.1, 0.15) is 0 Å². The van der Waals surface area contributed by atoms with Gasteiger partial charge in [-0.05, 0) is 47.7 Å². The lowest BCUT2D eigenvalue weighted by Gasteiger charge is -2.40. The molecule has 0 unspecified atom stereocenters. The first-order chi connectivity index (χ1) is 15.7. The van der Waals surface area contributed by atoms with Crippen LogP contribution in [0.15, 0.2) is 47.4 Å². The summed E-state index contributed by atoms with van der Waals surface area (Å²) in [6, 6.07) is 13.8. The van der Waals surface area contributed by atoms with Crippen molar-refractivity contribution in [1.29, 1.82) is 0 Å². The standard InChI is InChI=1S/C27H38BrNO3S/c1-5-7-14-27(15-8-6-2)19-33(31,32)24-13-12-22(29(3)4)17-23(24)25(26(27)30)21-11-9-10-20(16-21)18-28/h9-13,16-17,25-26,30H,5-8,14-15,18-19H2,1-4H3/t25-,26-/m1/s1. The van der Waals surface area contributed by atoms with Crippen molar-refractivity contribution in [3.05, 3.63) is 59.2 Å². The highest BCUT2D eigenvalue weighted by atomic mass is 79.9. The summed E-state index contributed by atoms with van der Waals surface area (Å²) in [5.74, 6) is -0.394. The number of aliphatic hydroxyl groups is 1. The molecule has 0 fully saturated rings. The van der Waals surface area contributed by atoms with Crippen LogP contribution in [-0.4, -0.2) is 39.5 Å². The molecule has 1 N–H and O–H groups in total. The zero-order chi connectivity index (χ0) is 24.2. The molecular formula is C27H38BrNO3S. The Balaban J connectivity index is 2.32. The molecule has 0 radical (unpaired) electrons. The third-order valence-corrected chi connectivity index (χ3v) is 9.77. The highest BCUT2D eigenvalue weighted by molar-refractivity contribution is 9.08. The number of unbranched alkanes of at least 4 members (excludes halogenated alkanes) is 2. The normalized spacial score (nSPS) is 21.3. The van der Waals surface area contributed by atoms with Crippen molar-refractivity contribution in [2.45, 2.75) is 74.6 Å². The fourth-order valence-corrected chi connectivity index (χ4v) is 7.80. The van der Waals surface area contributed by atoms with E-state index in [9.17, 15) is 13.5 Å². The van der Waals surface area contributed by atoms with Crippen LogP contribution in [-0.2, 0) is 15.2 Å². The molecule has 2 atom stereocenters. The number of halogens is 1. The molecule has 2 aromatic carbocycles. The molecule has 182 valence electrons. The lowest BCUT2D eigenvalue weighted by molar-refractivity contribution is 0.0127. The first-order valence-electron chi connectivity index (χ1n) is 12.1. The topological polar surface area (TPSA) is 57.6 Å². The summed E-state index contributed by atoms with van der Waals surface area (Å²) in [7, 11) is 0.343. The monoisotopic (exact) mass is 535 g/mol. The number of hydrogen-bond donors (Lipinski definition) is 1. The molecule has 33 heavy (non-hydrogen) atoms. The maximum atomic E-state index is 13.8. The first-order valence-corrected chi connectivity index (χ1v) is 14.8. The lowest BCUT2D eigenvalue weighted by Crippen LogP contribution is -2.43. The number of aliphatic hydroxyl groups excluding tert-OH is 1. The molecule has 3 rings (SSSR count). The molecule has 1 aliphatic heterocycles. The summed E-state index contributed by atoms with van der Waals surface area (Å²) in [4.78, 5) is 2.36. The van der Waals surface area contributed by atoms with Crippen LogP contribution in [0.25, 0.3) is 0 Å². The number of alkyl halides is 1. The number of nitrogens with zero attached hydrogens (tertiary/aromatic N) is 1. The van der Waals surface area contributed by atoms with Gasteiger partial charge in [-0.15, -0.1) is 0 Å². The summed E-state index contributed by atoms with van der Waals surface area (Å²) >= 11 is 3.55. The molecule has 2 aromatic rings. The molecule has 1 aliphatic rings. The minimum absolute atomic E-state index is 0.00408. The van der Waals surface area contributed by atoms with Gasteiger partial charge in [-0.2, -0.15) is 0 Å². The molecule has 0 aromatic heterocycles. The van der Waals surface area contributed by atoms with Crippen LogP contribution in [0.4, 0.5) is 5.69 Å². The van der Waals surface area contributed by atoms with Crippen LogP contribution in [0.2, 0.25) is 0 Å². The predicted molar refractivity (Wildman–Crippen MR) is 141 cm³/mol. The van der Waals surface area contributed by atoms with E-state index in [2.05, 4.69) is 41.9 Å². The van der Waals surface area contributed by atoms with Crippen LogP contribution in [0.5, 0.6) is 0 Å². The van der Waals surface area contributed by atoms with Crippen LogP contribution in [0, 0.1) is 5.41 Å². The Hall–Kier alpha value is -1.37. The van der Waals surface area contributed by atoms with E-state index in [1.807, 2.05) is 43.3 Å². The Morgan fingerprint density at radius 3 is 2.30 bits per heavy atom. The van der Waals surface area contributed by atoms with E-state index in [0.29, 0.717) is 23.1 Å². The minimum Gasteiger partial charge on any atom is -0.392 e. The highest BCUT2D eigenvalue weighted by Crippen LogP contribution is 2.50. The van der Waals surface area contributed by atoms with E-state index in [1.165, 1.54) is 0 Å². The molecule has 0 aliphatic carbocycles. The molecule has 0 bridgehead atoms. The Kier molecular flexibility index (Phi) is 8.68. The van der Waals surface area contributed by atoms with E-state index >= 15 is 0 Å². The van der Waals surface area contributed by atoms with E-state index in [0.717, 1.165) is 48.1 Å². The average molecular weight is 537 g/mol. The number of hydrogen-bond acceptors (Lipinski definition) is 4. The maximum Gasteiger partial charge on any atom is 0.179 e. The number of rotatable bonds is 9. The van der Waals surface area contributed by atoms with E-state index in [-0.39, 0.29) is 5.75 Å². The second kappa shape index (κ2) is 10.9. The minimum atomic E-state index is -3.57. The average Bonchev–Trinajstić information content (AvgIpc) is 2.87. The second-order valence-electron chi connectivity index (χ2n) is 9.75. The number of benzene rings is 2. The summed E-state index contributed by atoms with van der Waals surface area (Å²) in [5.41, 5.74) is 3.08. The predicted octanol–water partition coefficient (Wildman–Crippen LogP) is 6.29. The van der Waals surface area contributed by atoms with Crippen molar-refractivity contribution >= 4 is 31.5 Å². The van der Waals surface area contributed by atoms with Gasteiger partial charge in [0.05, 0.1) is 16.8 Å². The Morgan fingerprint density at radius 1 is 1.06 bits per heavy atom. The third-order valence-electron chi connectivity index (χ3n) is 7.12. The van der Waals surface area contributed by atoms with Crippen molar-refractivity contribution in [2.24, 2.45) is 5.41 Å². The largest absolute Gasteiger partial charge is 0.392 e. The first kappa shape index (κ1) is 26.2. The van der Waals surface area contributed by atoms with Crippen molar-refractivity contribution in [3.8, 4) is 0 Å². The number of sulfone groups is 1. The van der Waals surface area contributed by atoms with Crippen LogP contribution in [0.3, 0.4) is 0 Å². The van der Waals surface area contributed by atoms with E-state index < -0.39 is 27.3 Å². The van der Waals surface area contributed by atoms with Gasteiger partial charge in [0.25, 0.3) is 0 Å².